The first-order chi connectivity index (χ1) is 9.86. The van der Waals surface area contributed by atoms with Crippen LogP contribution in [0.2, 0.25) is 0 Å². The summed E-state index contributed by atoms with van der Waals surface area (Å²) in [5.41, 5.74) is 0.840. The van der Waals surface area contributed by atoms with Gasteiger partial charge in [0.15, 0.2) is 11.5 Å². The van der Waals surface area contributed by atoms with Crippen molar-refractivity contribution in [2.24, 2.45) is 0 Å². The third-order valence-electron chi connectivity index (χ3n) is 3.88. The molecule has 0 aliphatic carbocycles. The maximum atomic E-state index is 5.13. The molecular formula is C14H21N5O. The van der Waals surface area contributed by atoms with Gasteiger partial charge in [-0.15, -0.1) is 0 Å². The summed E-state index contributed by atoms with van der Waals surface area (Å²) in [6.07, 6.45) is 4.05. The number of hydrogen-bond acceptors (Lipinski definition) is 5. The Morgan fingerprint density at radius 1 is 1.45 bits per heavy atom. The number of anilines is 1. The summed E-state index contributed by atoms with van der Waals surface area (Å²) in [7, 11) is 1.75. The van der Waals surface area contributed by atoms with Crippen LogP contribution in [0.1, 0.15) is 12.8 Å². The second-order valence-corrected chi connectivity index (χ2v) is 5.22. The number of ether oxygens (including phenoxy) is 1. The maximum Gasteiger partial charge on any atom is 0.157 e. The zero-order valence-corrected chi connectivity index (χ0v) is 11.8. The topological polar surface area (TPSA) is 66.1 Å². The van der Waals surface area contributed by atoms with Crippen LogP contribution in [0.5, 0.6) is 0 Å². The molecule has 20 heavy (non-hydrogen) atoms. The van der Waals surface area contributed by atoms with E-state index < -0.39 is 0 Å². The Balaban J connectivity index is 1.57. The average molecular weight is 275 g/mol. The number of piperidine rings is 1. The van der Waals surface area contributed by atoms with E-state index >= 15 is 0 Å². The molecule has 0 aromatic carbocycles. The zero-order chi connectivity index (χ0) is 13.8. The van der Waals surface area contributed by atoms with Crippen molar-refractivity contribution in [1.82, 2.24) is 20.1 Å². The summed E-state index contributed by atoms with van der Waals surface area (Å²) in [4.78, 5) is 6.71. The van der Waals surface area contributed by atoms with Gasteiger partial charge in [0, 0.05) is 39.0 Å². The molecule has 2 aromatic heterocycles. The molecule has 2 aromatic rings. The van der Waals surface area contributed by atoms with Crippen molar-refractivity contribution in [2.45, 2.75) is 18.9 Å². The van der Waals surface area contributed by atoms with Crippen molar-refractivity contribution >= 4 is 16.9 Å². The number of fused-ring (bicyclic) bond motifs is 1. The number of nitrogens with one attached hydrogen (secondary N) is 2. The van der Waals surface area contributed by atoms with Crippen LogP contribution >= 0.6 is 0 Å². The van der Waals surface area contributed by atoms with Gasteiger partial charge in [0.05, 0.1) is 12.0 Å². The predicted octanol–water partition coefficient (Wildman–Crippen LogP) is 1.48. The van der Waals surface area contributed by atoms with Crippen molar-refractivity contribution in [2.75, 3.05) is 38.7 Å². The molecule has 0 atom stereocenters. The molecule has 3 rings (SSSR count). The number of H-pyrrole nitrogens is 1. The second kappa shape index (κ2) is 6.19. The fourth-order valence-electron chi connectivity index (χ4n) is 2.68. The van der Waals surface area contributed by atoms with Crippen LogP contribution in [-0.4, -0.2) is 59.5 Å². The number of aromatic nitrogens is 3. The van der Waals surface area contributed by atoms with Crippen molar-refractivity contribution in [1.29, 1.82) is 0 Å². The lowest BCUT2D eigenvalue weighted by Crippen LogP contribution is -2.40. The van der Waals surface area contributed by atoms with Crippen LogP contribution in [0.4, 0.5) is 5.82 Å². The Labute approximate surface area is 118 Å². The first-order valence-corrected chi connectivity index (χ1v) is 7.14. The molecule has 6 heteroatoms. The third kappa shape index (κ3) is 2.91. The van der Waals surface area contributed by atoms with Gasteiger partial charge in [0.25, 0.3) is 0 Å². The number of rotatable bonds is 5. The molecule has 2 N–H and O–H groups in total. The van der Waals surface area contributed by atoms with E-state index in [9.17, 15) is 0 Å². The van der Waals surface area contributed by atoms with E-state index in [0.29, 0.717) is 6.04 Å². The molecule has 3 heterocycles. The molecule has 0 saturated carbocycles. The minimum absolute atomic E-state index is 0.487. The van der Waals surface area contributed by atoms with Crippen LogP contribution < -0.4 is 5.32 Å². The molecule has 0 amide bonds. The van der Waals surface area contributed by atoms with Gasteiger partial charge in [-0.25, -0.2) is 4.98 Å². The van der Waals surface area contributed by atoms with Crippen LogP contribution in [0.15, 0.2) is 18.3 Å². The molecular weight excluding hydrogens is 254 g/mol. The highest BCUT2D eigenvalue weighted by Gasteiger charge is 2.20. The SMILES string of the molecule is COCCN1CCC(Nc2n[nH]c3ncccc23)CC1. The molecule has 0 bridgehead atoms. The first kappa shape index (κ1) is 13.3. The molecule has 1 aliphatic rings. The van der Waals surface area contributed by atoms with Gasteiger partial charge in [-0.1, -0.05) is 0 Å². The summed E-state index contributed by atoms with van der Waals surface area (Å²) in [6.45, 7) is 4.06. The smallest absolute Gasteiger partial charge is 0.157 e. The van der Waals surface area contributed by atoms with Crippen LogP contribution in [0.25, 0.3) is 11.0 Å². The van der Waals surface area contributed by atoms with E-state index in [-0.39, 0.29) is 0 Å². The Bertz CT molecular complexity index is 547. The zero-order valence-electron chi connectivity index (χ0n) is 11.8. The normalized spacial score (nSPS) is 17.6. The number of aromatic amines is 1. The average Bonchev–Trinajstić information content (AvgIpc) is 2.90. The quantitative estimate of drug-likeness (QED) is 0.865. The van der Waals surface area contributed by atoms with Gasteiger partial charge in [-0.3, -0.25) is 5.10 Å². The summed E-state index contributed by atoms with van der Waals surface area (Å²) < 4.78 is 5.13. The standard InChI is InChI=1S/C14H21N5O/c1-20-10-9-19-7-4-11(5-8-19)16-14-12-3-2-6-15-13(12)17-18-14/h2-3,6,11H,4-5,7-10H2,1H3,(H2,15,16,17,18). The summed E-state index contributed by atoms with van der Waals surface area (Å²) in [6, 6.07) is 4.47. The number of nitrogens with zero attached hydrogens (tertiary/aromatic N) is 3. The third-order valence-corrected chi connectivity index (χ3v) is 3.88. The van der Waals surface area contributed by atoms with Crippen molar-refractivity contribution in [3.05, 3.63) is 18.3 Å². The lowest BCUT2D eigenvalue weighted by atomic mass is 10.1. The highest BCUT2D eigenvalue weighted by atomic mass is 16.5. The van der Waals surface area contributed by atoms with Gasteiger partial charge >= 0.3 is 0 Å². The van der Waals surface area contributed by atoms with E-state index in [1.54, 1.807) is 13.3 Å². The van der Waals surface area contributed by atoms with E-state index in [2.05, 4.69) is 25.4 Å². The Morgan fingerprint density at radius 3 is 3.10 bits per heavy atom. The molecule has 6 nitrogen and oxygen atoms in total. The fourth-order valence-corrected chi connectivity index (χ4v) is 2.68. The summed E-state index contributed by atoms with van der Waals surface area (Å²) >= 11 is 0. The Hall–Kier alpha value is -1.66. The summed E-state index contributed by atoms with van der Waals surface area (Å²) in [5.74, 6) is 0.920. The fraction of sp³-hybridized carbons (Fsp3) is 0.571. The van der Waals surface area contributed by atoms with Crippen LogP contribution in [0.3, 0.4) is 0 Å². The maximum absolute atomic E-state index is 5.13. The summed E-state index contributed by atoms with van der Waals surface area (Å²) in [5, 5.41) is 11.9. The van der Waals surface area contributed by atoms with Gasteiger partial charge < -0.3 is 15.0 Å². The minimum atomic E-state index is 0.487. The van der Waals surface area contributed by atoms with Gasteiger partial charge in [-0.05, 0) is 25.0 Å². The Kier molecular flexibility index (Phi) is 4.13. The highest BCUT2D eigenvalue weighted by molar-refractivity contribution is 5.86. The number of pyridine rings is 1. The van der Waals surface area contributed by atoms with E-state index in [4.69, 9.17) is 4.74 Å². The Morgan fingerprint density at radius 2 is 2.30 bits per heavy atom. The molecule has 0 unspecified atom stereocenters. The minimum Gasteiger partial charge on any atom is -0.383 e. The van der Waals surface area contributed by atoms with Crippen LogP contribution in [-0.2, 0) is 4.74 Å². The molecule has 108 valence electrons. The van der Waals surface area contributed by atoms with Crippen molar-refractivity contribution in [3.63, 3.8) is 0 Å². The largest absolute Gasteiger partial charge is 0.383 e. The molecule has 1 aliphatic heterocycles. The second-order valence-electron chi connectivity index (χ2n) is 5.22. The van der Waals surface area contributed by atoms with Gasteiger partial charge in [0.1, 0.15) is 0 Å². The predicted molar refractivity (Wildman–Crippen MR) is 78.8 cm³/mol. The van der Waals surface area contributed by atoms with Gasteiger partial charge in [0.2, 0.25) is 0 Å². The number of hydrogen-bond donors (Lipinski definition) is 2. The van der Waals surface area contributed by atoms with E-state index in [0.717, 1.165) is 55.9 Å². The monoisotopic (exact) mass is 275 g/mol. The molecule has 0 radical (unpaired) electrons. The number of likely N-dealkylation sites (tertiary alicyclic amines) is 1. The van der Waals surface area contributed by atoms with Crippen LogP contribution in [0, 0.1) is 0 Å². The van der Waals surface area contributed by atoms with Gasteiger partial charge in [-0.2, -0.15) is 5.10 Å². The molecule has 0 spiro atoms. The molecule has 1 saturated heterocycles. The van der Waals surface area contributed by atoms with Crippen molar-refractivity contribution in [3.8, 4) is 0 Å². The first-order valence-electron chi connectivity index (χ1n) is 7.14. The molecule has 1 fully saturated rings. The highest BCUT2D eigenvalue weighted by Crippen LogP contribution is 2.21. The van der Waals surface area contributed by atoms with E-state index in [1.807, 2.05) is 12.1 Å². The lowest BCUT2D eigenvalue weighted by Gasteiger charge is -2.32. The number of methoxy groups -OCH3 is 1. The van der Waals surface area contributed by atoms with Crippen molar-refractivity contribution < 1.29 is 4.74 Å². The van der Waals surface area contributed by atoms with E-state index in [1.165, 1.54) is 0 Å². The lowest BCUT2D eigenvalue weighted by molar-refractivity contribution is 0.132.